The monoisotopic (exact) mass is 343 g/mol. The molecule has 4 nitrogen and oxygen atoms in total. The van der Waals surface area contributed by atoms with E-state index in [1.807, 2.05) is 19.9 Å². The summed E-state index contributed by atoms with van der Waals surface area (Å²) >= 11 is 1.52. The first-order chi connectivity index (χ1) is 11.4. The van der Waals surface area contributed by atoms with E-state index in [9.17, 15) is 4.79 Å². The van der Waals surface area contributed by atoms with Crippen molar-refractivity contribution in [3.63, 3.8) is 0 Å². The van der Waals surface area contributed by atoms with Crippen LogP contribution in [0.25, 0.3) is 0 Å². The van der Waals surface area contributed by atoms with Gasteiger partial charge in [0.1, 0.15) is 5.82 Å². The van der Waals surface area contributed by atoms with Crippen LogP contribution in [0.4, 0.5) is 0 Å². The molecule has 0 unspecified atom stereocenters. The van der Waals surface area contributed by atoms with E-state index < -0.39 is 0 Å². The topological polar surface area (TPSA) is 47.8 Å². The minimum absolute atomic E-state index is 0.166. The van der Waals surface area contributed by atoms with Gasteiger partial charge in [0.2, 0.25) is 0 Å². The van der Waals surface area contributed by atoms with E-state index in [0.717, 1.165) is 34.2 Å². The second-order valence-corrected chi connectivity index (χ2v) is 8.04. The molecule has 0 aliphatic heterocycles. The molecule has 128 valence electrons. The molecule has 0 spiro atoms. The third-order valence-electron chi connectivity index (χ3n) is 4.76. The fourth-order valence-corrected chi connectivity index (χ4v) is 3.97. The van der Waals surface area contributed by atoms with E-state index in [0.29, 0.717) is 5.92 Å². The average molecular weight is 343 g/mol. The van der Waals surface area contributed by atoms with Crippen LogP contribution >= 0.6 is 11.8 Å². The molecule has 1 aliphatic rings. The Hall–Kier alpha value is -1.62. The fraction of sp³-hybridized carbons (Fsp3) is 0.526. The molecule has 0 amide bonds. The highest BCUT2D eigenvalue weighted by atomic mass is 32.2. The Morgan fingerprint density at radius 2 is 1.88 bits per heavy atom. The van der Waals surface area contributed by atoms with E-state index in [-0.39, 0.29) is 11.0 Å². The molecular formula is C19H25N3OS. The standard InChI is InChI=1S/C19H25N3OS/c1-6-22-18(15-7-8-15)20-21-19(22)24-14(5)17(23)16-10-12(3)11(2)9-13(16)4/h9-10,14-15H,6-8H2,1-5H3/t14-/m1/s1. The molecule has 1 saturated carbocycles. The molecule has 5 heteroatoms. The number of carbonyl (C=O) groups excluding carboxylic acids is 1. The van der Waals surface area contributed by atoms with Gasteiger partial charge >= 0.3 is 0 Å². The molecule has 1 aromatic heterocycles. The number of nitrogens with zero attached hydrogens (tertiary/aromatic N) is 3. The number of carbonyl (C=O) groups is 1. The maximum absolute atomic E-state index is 12.9. The summed E-state index contributed by atoms with van der Waals surface area (Å²) < 4.78 is 2.17. The Balaban J connectivity index is 1.81. The smallest absolute Gasteiger partial charge is 0.191 e. The van der Waals surface area contributed by atoms with Gasteiger partial charge in [0.05, 0.1) is 5.25 Å². The van der Waals surface area contributed by atoms with Gasteiger partial charge in [0, 0.05) is 18.0 Å². The van der Waals surface area contributed by atoms with Crippen molar-refractivity contribution < 1.29 is 4.79 Å². The maximum atomic E-state index is 12.9. The molecular weight excluding hydrogens is 318 g/mol. The van der Waals surface area contributed by atoms with E-state index in [4.69, 9.17) is 0 Å². The van der Waals surface area contributed by atoms with Gasteiger partial charge in [-0.3, -0.25) is 4.79 Å². The number of aromatic nitrogens is 3. The summed E-state index contributed by atoms with van der Waals surface area (Å²) in [6, 6.07) is 4.12. The summed E-state index contributed by atoms with van der Waals surface area (Å²) in [7, 11) is 0. The molecule has 0 N–H and O–H groups in total. The highest BCUT2D eigenvalue weighted by Gasteiger charge is 2.31. The van der Waals surface area contributed by atoms with Crippen LogP contribution in [0.1, 0.15) is 65.5 Å². The first-order valence-electron chi connectivity index (χ1n) is 8.64. The zero-order valence-electron chi connectivity index (χ0n) is 15.1. The van der Waals surface area contributed by atoms with Crippen LogP contribution in [0.2, 0.25) is 0 Å². The van der Waals surface area contributed by atoms with Crippen molar-refractivity contribution in [1.82, 2.24) is 14.8 Å². The van der Waals surface area contributed by atoms with Crippen LogP contribution in [0.5, 0.6) is 0 Å². The van der Waals surface area contributed by atoms with Crippen molar-refractivity contribution >= 4 is 17.5 Å². The summed E-state index contributed by atoms with van der Waals surface area (Å²) in [4.78, 5) is 12.9. The molecule has 1 aliphatic carbocycles. The van der Waals surface area contributed by atoms with E-state index in [1.165, 1.54) is 30.2 Å². The van der Waals surface area contributed by atoms with Gasteiger partial charge in [0.25, 0.3) is 0 Å². The lowest BCUT2D eigenvalue weighted by molar-refractivity contribution is 0.0993. The van der Waals surface area contributed by atoms with Crippen molar-refractivity contribution in [2.75, 3.05) is 0 Å². The molecule has 1 atom stereocenters. The van der Waals surface area contributed by atoms with Crippen molar-refractivity contribution in [1.29, 1.82) is 0 Å². The summed E-state index contributed by atoms with van der Waals surface area (Å²) in [5.74, 6) is 1.82. The molecule has 1 fully saturated rings. The molecule has 0 bridgehead atoms. The number of rotatable bonds is 6. The zero-order valence-corrected chi connectivity index (χ0v) is 15.9. The van der Waals surface area contributed by atoms with E-state index in [2.05, 4.69) is 41.6 Å². The van der Waals surface area contributed by atoms with Crippen LogP contribution in [0, 0.1) is 20.8 Å². The van der Waals surface area contributed by atoms with Gasteiger partial charge in [-0.2, -0.15) is 0 Å². The summed E-state index contributed by atoms with van der Waals surface area (Å²) in [5.41, 5.74) is 4.26. The van der Waals surface area contributed by atoms with Gasteiger partial charge in [-0.05, 0) is 70.2 Å². The summed E-state index contributed by atoms with van der Waals surface area (Å²) in [6.45, 7) is 11.1. The predicted octanol–water partition coefficient (Wildman–Crippen LogP) is 4.46. The third-order valence-corrected chi connectivity index (χ3v) is 5.84. The molecule has 3 rings (SSSR count). The minimum atomic E-state index is -0.174. The SMILES string of the molecule is CCn1c(S[C@H](C)C(=O)c2cc(C)c(C)cc2C)nnc1C1CC1. The number of ketones is 1. The zero-order chi connectivity index (χ0) is 17.4. The van der Waals surface area contributed by atoms with Gasteiger partial charge < -0.3 is 4.57 Å². The van der Waals surface area contributed by atoms with Crippen molar-refractivity contribution in [2.24, 2.45) is 0 Å². The van der Waals surface area contributed by atoms with Crippen molar-refractivity contribution in [3.8, 4) is 0 Å². The van der Waals surface area contributed by atoms with Crippen LogP contribution < -0.4 is 0 Å². The Bertz CT molecular complexity index is 777. The average Bonchev–Trinajstić information content (AvgIpc) is 3.31. The molecule has 1 heterocycles. The van der Waals surface area contributed by atoms with Crippen LogP contribution in [0.3, 0.4) is 0 Å². The first kappa shape index (κ1) is 17.2. The van der Waals surface area contributed by atoms with Crippen molar-refractivity contribution in [2.45, 2.75) is 70.3 Å². The van der Waals surface area contributed by atoms with Gasteiger partial charge in [-0.25, -0.2) is 0 Å². The van der Waals surface area contributed by atoms with Crippen LogP contribution in [-0.2, 0) is 6.54 Å². The number of thioether (sulfide) groups is 1. The maximum Gasteiger partial charge on any atom is 0.191 e. The Kier molecular flexibility index (Phi) is 4.81. The van der Waals surface area contributed by atoms with E-state index >= 15 is 0 Å². The second kappa shape index (κ2) is 6.71. The first-order valence-corrected chi connectivity index (χ1v) is 9.52. The lowest BCUT2D eigenvalue weighted by Gasteiger charge is -2.14. The molecule has 2 aromatic rings. The molecule has 0 radical (unpaired) electrons. The minimum Gasteiger partial charge on any atom is -0.306 e. The number of aryl methyl sites for hydroxylation is 3. The van der Waals surface area contributed by atoms with Crippen molar-refractivity contribution in [3.05, 3.63) is 40.2 Å². The number of benzene rings is 1. The Morgan fingerprint density at radius 3 is 2.50 bits per heavy atom. The predicted molar refractivity (Wildman–Crippen MR) is 98.0 cm³/mol. The number of hydrogen-bond donors (Lipinski definition) is 0. The highest BCUT2D eigenvalue weighted by Crippen LogP contribution is 2.40. The highest BCUT2D eigenvalue weighted by molar-refractivity contribution is 8.00. The molecule has 1 aromatic carbocycles. The van der Waals surface area contributed by atoms with Gasteiger partial charge in [0.15, 0.2) is 10.9 Å². The largest absolute Gasteiger partial charge is 0.306 e. The lowest BCUT2D eigenvalue weighted by Crippen LogP contribution is -2.16. The summed E-state index contributed by atoms with van der Waals surface area (Å²) in [5, 5.41) is 9.39. The lowest BCUT2D eigenvalue weighted by atomic mass is 9.97. The normalized spacial score (nSPS) is 15.5. The second-order valence-electron chi connectivity index (χ2n) is 6.74. The van der Waals surface area contributed by atoms with E-state index in [1.54, 1.807) is 0 Å². The number of Topliss-reactive ketones (excluding diaryl/α,β-unsaturated/α-hetero) is 1. The Morgan fingerprint density at radius 1 is 1.21 bits per heavy atom. The quantitative estimate of drug-likeness (QED) is 0.574. The summed E-state index contributed by atoms with van der Waals surface area (Å²) in [6.07, 6.45) is 2.41. The molecule has 0 saturated heterocycles. The van der Waals surface area contributed by atoms with Crippen LogP contribution in [-0.4, -0.2) is 25.8 Å². The Labute approximate surface area is 148 Å². The number of hydrogen-bond acceptors (Lipinski definition) is 4. The fourth-order valence-electron chi connectivity index (χ4n) is 2.98. The third kappa shape index (κ3) is 3.27. The molecule has 24 heavy (non-hydrogen) atoms. The van der Waals surface area contributed by atoms with Gasteiger partial charge in [-0.15, -0.1) is 10.2 Å². The van der Waals surface area contributed by atoms with Gasteiger partial charge in [-0.1, -0.05) is 17.8 Å². The van der Waals surface area contributed by atoms with Crippen LogP contribution in [0.15, 0.2) is 17.3 Å².